The van der Waals surface area contributed by atoms with Gasteiger partial charge in [-0.1, -0.05) is 30.7 Å². The first-order chi connectivity index (χ1) is 9.54. The average Bonchev–Trinajstić information content (AvgIpc) is 3.07. The number of anilines is 1. The van der Waals surface area contributed by atoms with Crippen LogP contribution >= 0.6 is 11.6 Å². The summed E-state index contributed by atoms with van der Waals surface area (Å²) in [6.07, 6.45) is 2.27. The summed E-state index contributed by atoms with van der Waals surface area (Å²) in [5, 5.41) is 0.747. The van der Waals surface area contributed by atoms with E-state index in [-0.39, 0.29) is 0 Å². The van der Waals surface area contributed by atoms with E-state index >= 15 is 0 Å². The van der Waals surface area contributed by atoms with Crippen molar-refractivity contribution in [2.45, 2.75) is 26.7 Å². The lowest BCUT2D eigenvalue weighted by Gasteiger charge is -2.09. The van der Waals surface area contributed by atoms with Gasteiger partial charge < -0.3 is 5.73 Å². The van der Waals surface area contributed by atoms with E-state index in [1.165, 1.54) is 6.42 Å². The number of hydrogen-bond acceptors (Lipinski definition) is 3. The molecule has 104 valence electrons. The van der Waals surface area contributed by atoms with Crippen LogP contribution in [0.2, 0.25) is 5.02 Å². The molecule has 1 aliphatic rings. The van der Waals surface area contributed by atoms with Crippen LogP contribution in [0.4, 0.5) is 5.95 Å². The topological polar surface area (TPSA) is 51.8 Å². The van der Waals surface area contributed by atoms with Crippen molar-refractivity contribution in [3.8, 4) is 11.3 Å². The summed E-state index contributed by atoms with van der Waals surface area (Å²) in [7, 11) is 0. The van der Waals surface area contributed by atoms with Gasteiger partial charge in [-0.3, -0.25) is 0 Å². The van der Waals surface area contributed by atoms with E-state index in [1.807, 2.05) is 31.2 Å². The van der Waals surface area contributed by atoms with Crippen LogP contribution in [0, 0.1) is 18.8 Å². The summed E-state index contributed by atoms with van der Waals surface area (Å²) in [6.45, 7) is 4.27. The maximum absolute atomic E-state index is 6.18. The Hall–Kier alpha value is -1.61. The maximum atomic E-state index is 6.18. The minimum Gasteiger partial charge on any atom is -0.368 e. The predicted molar refractivity (Wildman–Crippen MR) is 82.6 cm³/mol. The van der Waals surface area contributed by atoms with Crippen molar-refractivity contribution in [2.24, 2.45) is 11.8 Å². The van der Waals surface area contributed by atoms with Crippen molar-refractivity contribution in [3.05, 3.63) is 40.5 Å². The second kappa shape index (κ2) is 5.06. The molecule has 0 amide bonds. The lowest BCUT2D eigenvalue weighted by Crippen LogP contribution is -2.03. The zero-order valence-corrected chi connectivity index (χ0v) is 12.5. The molecular formula is C16H18ClN3. The number of nitrogen functional groups attached to an aromatic ring is 1. The molecule has 2 aromatic rings. The maximum Gasteiger partial charge on any atom is 0.220 e. The molecule has 1 aliphatic carbocycles. The Morgan fingerprint density at radius 1 is 1.35 bits per heavy atom. The number of rotatable bonds is 3. The molecule has 0 radical (unpaired) electrons. The molecule has 0 bridgehead atoms. The lowest BCUT2D eigenvalue weighted by atomic mass is 10.0. The summed E-state index contributed by atoms with van der Waals surface area (Å²) in [4.78, 5) is 8.72. The lowest BCUT2D eigenvalue weighted by molar-refractivity contribution is 0.730. The zero-order valence-electron chi connectivity index (χ0n) is 11.7. The second-order valence-corrected chi connectivity index (χ2v) is 6.10. The third-order valence-electron chi connectivity index (χ3n) is 4.09. The zero-order chi connectivity index (χ0) is 14.3. The van der Waals surface area contributed by atoms with Crippen LogP contribution in [0.5, 0.6) is 0 Å². The Balaban J connectivity index is 1.98. The molecule has 3 rings (SSSR count). The first kappa shape index (κ1) is 13.4. The van der Waals surface area contributed by atoms with Gasteiger partial charge in [0.15, 0.2) is 0 Å². The van der Waals surface area contributed by atoms with E-state index < -0.39 is 0 Å². The largest absolute Gasteiger partial charge is 0.368 e. The van der Waals surface area contributed by atoms with Crippen molar-refractivity contribution >= 4 is 17.5 Å². The Labute approximate surface area is 124 Å². The number of aromatic nitrogens is 2. The Kier molecular flexibility index (Phi) is 3.38. The van der Waals surface area contributed by atoms with E-state index in [1.54, 1.807) is 0 Å². The molecule has 2 N–H and O–H groups in total. The fraction of sp³-hybridized carbons (Fsp3) is 0.375. The molecular weight excluding hydrogens is 270 g/mol. The fourth-order valence-electron chi connectivity index (χ4n) is 2.60. The summed E-state index contributed by atoms with van der Waals surface area (Å²) < 4.78 is 0. The first-order valence-electron chi connectivity index (χ1n) is 6.93. The average molecular weight is 288 g/mol. The number of nitrogens with zero attached hydrogens (tertiary/aromatic N) is 2. The molecule has 1 aromatic heterocycles. The van der Waals surface area contributed by atoms with Crippen LogP contribution in [0.25, 0.3) is 11.3 Å². The quantitative estimate of drug-likeness (QED) is 0.932. The molecule has 0 spiro atoms. The standard InChI is InChI=1S/C16H18ClN3/c1-9-6-11(9)7-12-8-15(20-16(18)19-12)13-4-3-5-14(17)10(13)2/h3-5,8-9,11H,6-7H2,1-2H3,(H2,18,19,20). The van der Waals surface area contributed by atoms with Crippen LogP contribution in [0.3, 0.4) is 0 Å². The van der Waals surface area contributed by atoms with Gasteiger partial charge in [0.05, 0.1) is 5.69 Å². The van der Waals surface area contributed by atoms with Crippen molar-refractivity contribution in [3.63, 3.8) is 0 Å². The van der Waals surface area contributed by atoms with Gasteiger partial charge in [-0.05, 0) is 49.3 Å². The molecule has 0 saturated heterocycles. The highest BCUT2D eigenvalue weighted by molar-refractivity contribution is 6.31. The number of benzene rings is 1. The number of halogens is 1. The molecule has 2 atom stereocenters. The van der Waals surface area contributed by atoms with Crippen LogP contribution in [-0.4, -0.2) is 9.97 Å². The minimum absolute atomic E-state index is 0.338. The molecule has 20 heavy (non-hydrogen) atoms. The summed E-state index contributed by atoms with van der Waals surface area (Å²) in [5.74, 6) is 1.89. The van der Waals surface area contributed by atoms with Crippen LogP contribution in [0.15, 0.2) is 24.3 Å². The minimum atomic E-state index is 0.338. The van der Waals surface area contributed by atoms with E-state index in [9.17, 15) is 0 Å². The van der Waals surface area contributed by atoms with E-state index in [0.717, 1.165) is 45.8 Å². The van der Waals surface area contributed by atoms with Crippen LogP contribution in [0.1, 0.15) is 24.6 Å². The van der Waals surface area contributed by atoms with Crippen LogP contribution in [-0.2, 0) is 6.42 Å². The van der Waals surface area contributed by atoms with Gasteiger partial charge in [-0.2, -0.15) is 0 Å². The van der Waals surface area contributed by atoms with Gasteiger partial charge in [0.25, 0.3) is 0 Å². The summed E-state index contributed by atoms with van der Waals surface area (Å²) in [5.41, 5.74) is 9.80. The van der Waals surface area contributed by atoms with E-state index in [2.05, 4.69) is 16.9 Å². The molecule has 2 unspecified atom stereocenters. The highest BCUT2D eigenvalue weighted by Crippen LogP contribution is 2.40. The van der Waals surface area contributed by atoms with Gasteiger partial charge in [-0.25, -0.2) is 9.97 Å². The Bertz CT molecular complexity index is 654. The van der Waals surface area contributed by atoms with E-state index in [4.69, 9.17) is 17.3 Å². The molecule has 0 aliphatic heterocycles. The molecule has 4 heteroatoms. The third-order valence-corrected chi connectivity index (χ3v) is 4.50. The van der Waals surface area contributed by atoms with Crippen molar-refractivity contribution < 1.29 is 0 Å². The molecule has 3 nitrogen and oxygen atoms in total. The van der Waals surface area contributed by atoms with Gasteiger partial charge in [0.1, 0.15) is 0 Å². The molecule has 1 aromatic carbocycles. The van der Waals surface area contributed by atoms with Gasteiger partial charge >= 0.3 is 0 Å². The first-order valence-corrected chi connectivity index (χ1v) is 7.31. The molecule has 1 heterocycles. The predicted octanol–water partition coefficient (Wildman–Crippen LogP) is 3.89. The normalized spacial score (nSPS) is 20.9. The van der Waals surface area contributed by atoms with Gasteiger partial charge in [-0.15, -0.1) is 0 Å². The molecule has 1 fully saturated rings. The highest BCUT2D eigenvalue weighted by Gasteiger charge is 2.32. The van der Waals surface area contributed by atoms with Crippen molar-refractivity contribution in [1.29, 1.82) is 0 Å². The second-order valence-electron chi connectivity index (χ2n) is 5.69. The SMILES string of the molecule is Cc1c(Cl)cccc1-c1cc(CC2CC2C)nc(N)n1. The summed E-state index contributed by atoms with van der Waals surface area (Å²) in [6, 6.07) is 7.88. The highest BCUT2D eigenvalue weighted by atomic mass is 35.5. The third kappa shape index (κ3) is 2.63. The Morgan fingerprint density at radius 2 is 2.10 bits per heavy atom. The van der Waals surface area contributed by atoms with E-state index in [0.29, 0.717) is 5.95 Å². The number of nitrogens with two attached hydrogens (primary N) is 1. The Morgan fingerprint density at radius 3 is 2.80 bits per heavy atom. The van der Waals surface area contributed by atoms with Gasteiger partial charge in [0.2, 0.25) is 5.95 Å². The fourth-order valence-corrected chi connectivity index (χ4v) is 2.77. The summed E-state index contributed by atoms with van der Waals surface area (Å²) >= 11 is 6.18. The number of hydrogen-bond donors (Lipinski definition) is 1. The molecule has 1 saturated carbocycles. The van der Waals surface area contributed by atoms with Crippen LogP contribution < -0.4 is 5.73 Å². The van der Waals surface area contributed by atoms with Gasteiger partial charge in [0, 0.05) is 16.3 Å². The monoisotopic (exact) mass is 287 g/mol. The van der Waals surface area contributed by atoms with Crippen molar-refractivity contribution in [1.82, 2.24) is 9.97 Å². The van der Waals surface area contributed by atoms with Crippen molar-refractivity contribution in [2.75, 3.05) is 5.73 Å². The smallest absolute Gasteiger partial charge is 0.220 e.